The summed E-state index contributed by atoms with van der Waals surface area (Å²) < 4.78 is 11.0. The smallest absolute Gasteiger partial charge is 0.331 e. The van der Waals surface area contributed by atoms with Gasteiger partial charge in [-0.3, -0.25) is 4.79 Å². The summed E-state index contributed by atoms with van der Waals surface area (Å²) in [7, 11) is 0. The first-order chi connectivity index (χ1) is 17.0. The van der Waals surface area contributed by atoms with Crippen molar-refractivity contribution < 1.29 is 34.1 Å². The predicted octanol–water partition coefficient (Wildman–Crippen LogP) is 3.89. The zero-order chi connectivity index (χ0) is 25.9. The number of aliphatic hydroxyl groups is 2. The maximum Gasteiger partial charge on any atom is 0.331 e. The third-order valence-corrected chi connectivity index (χ3v) is 11.1. The summed E-state index contributed by atoms with van der Waals surface area (Å²) in [5.41, 5.74) is -2.53. The second-order valence-corrected chi connectivity index (χ2v) is 13.0. The van der Waals surface area contributed by atoms with Gasteiger partial charge in [-0.25, -0.2) is 4.79 Å². The van der Waals surface area contributed by atoms with Gasteiger partial charge in [0.2, 0.25) is 0 Å². The number of ether oxygens (including phenoxy) is 2. The van der Waals surface area contributed by atoms with Crippen molar-refractivity contribution in [3.63, 3.8) is 0 Å². The molecule has 200 valence electrons. The van der Waals surface area contributed by atoms with Crippen LogP contribution in [0.3, 0.4) is 0 Å². The fourth-order valence-corrected chi connectivity index (χ4v) is 9.07. The second kappa shape index (κ2) is 8.93. The minimum atomic E-state index is -1.23. The molecule has 5 aliphatic rings. The van der Waals surface area contributed by atoms with Gasteiger partial charge in [0.1, 0.15) is 19.0 Å². The lowest BCUT2D eigenvalue weighted by Crippen LogP contribution is -2.69. The van der Waals surface area contributed by atoms with Crippen molar-refractivity contribution in [3.8, 4) is 0 Å². The molecule has 7 nitrogen and oxygen atoms in total. The van der Waals surface area contributed by atoms with Gasteiger partial charge in [0.25, 0.3) is 0 Å². The van der Waals surface area contributed by atoms with Crippen molar-refractivity contribution in [2.45, 2.75) is 109 Å². The molecular weight excluding hydrogens is 460 g/mol. The number of hydrogen-bond acceptors (Lipinski definition) is 7. The molecule has 0 radical (unpaired) electrons. The Morgan fingerprint density at radius 1 is 1.14 bits per heavy atom. The quantitative estimate of drug-likeness (QED) is 0.419. The molecule has 0 aromatic heterocycles. The summed E-state index contributed by atoms with van der Waals surface area (Å²) in [6, 6.07) is 0. The number of carbonyl (C=O) groups excluding carboxylic acids is 3. The largest absolute Gasteiger partial charge is 0.462 e. The normalized spacial score (nSPS) is 45.8. The molecule has 7 heteroatoms. The molecule has 0 amide bonds. The van der Waals surface area contributed by atoms with Crippen LogP contribution in [0.25, 0.3) is 0 Å². The molecular formula is C29H42O7. The molecule has 36 heavy (non-hydrogen) atoms. The summed E-state index contributed by atoms with van der Waals surface area (Å²) >= 11 is 0. The van der Waals surface area contributed by atoms with E-state index in [9.17, 15) is 24.6 Å². The average molecular weight is 503 g/mol. The standard InChI is InChI=1S/C29H42O7/c1-18(2)4-5-24(31)36-20-6-11-27(17-30)22-7-10-26(3)21(19-14-25(32)35-16-19)9-13-29(26,34)23(22)8-12-28(27,33)15-20/h14,17-18,20-23,33-34H,4-13,15-16H2,1-3H3/t20-,21+,22-,23+,26+,27-,28-,29?/m0/s1. The van der Waals surface area contributed by atoms with Crippen LogP contribution in [0.1, 0.15) is 91.4 Å². The number of cyclic esters (lactones) is 1. The van der Waals surface area contributed by atoms with Crippen LogP contribution in [-0.2, 0) is 23.9 Å². The van der Waals surface area contributed by atoms with Crippen LogP contribution < -0.4 is 0 Å². The van der Waals surface area contributed by atoms with Gasteiger partial charge < -0.3 is 24.5 Å². The number of carbonyl (C=O) groups is 3. The fourth-order valence-electron chi connectivity index (χ4n) is 9.07. The van der Waals surface area contributed by atoms with Crippen molar-refractivity contribution in [3.05, 3.63) is 11.6 Å². The second-order valence-electron chi connectivity index (χ2n) is 13.0. The highest BCUT2D eigenvalue weighted by atomic mass is 16.5. The van der Waals surface area contributed by atoms with E-state index in [2.05, 4.69) is 20.8 Å². The Kier molecular flexibility index (Phi) is 6.43. The summed E-state index contributed by atoms with van der Waals surface area (Å²) in [6.07, 6.45) is 8.63. The van der Waals surface area contributed by atoms with E-state index < -0.39 is 22.0 Å². The Balaban J connectivity index is 1.36. The van der Waals surface area contributed by atoms with Gasteiger partial charge in [0.15, 0.2) is 0 Å². The van der Waals surface area contributed by atoms with Crippen LogP contribution >= 0.6 is 0 Å². The van der Waals surface area contributed by atoms with E-state index in [-0.39, 0.29) is 42.2 Å². The van der Waals surface area contributed by atoms with Crippen LogP contribution in [0, 0.1) is 34.5 Å². The van der Waals surface area contributed by atoms with Gasteiger partial charge in [-0.15, -0.1) is 0 Å². The predicted molar refractivity (Wildman–Crippen MR) is 132 cm³/mol. The van der Waals surface area contributed by atoms with Gasteiger partial charge in [0.05, 0.1) is 16.6 Å². The number of hydrogen-bond donors (Lipinski definition) is 2. The maximum atomic E-state index is 12.9. The van der Waals surface area contributed by atoms with Crippen LogP contribution in [0.4, 0.5) is 0 Å². The van der Waals surface area contributed by atoms with E-state index in [0.29, 0.717) is 51.0 Å². The van der Waals surface area contributed by atoms with Gasteiger partial charge in [0, 0.05) is 24.3 Å². The SMILES string of the molecule is CC(C)CCC(=O)O[C@H]1CC[C@]2(C=O)[C@H]3CC[C@]4(C)[C@@H](C5=CC(=O)OC5)CCC4(O)[C@@H]3CC[C@]2(O)C1. The van der Waals surface area contributed by atoms with Crippen molar-refractivity contribution in [1.82, 2.24) is 0 Å². The Bertz CT molecular complexity index is 957. The zero-order valence-corrected chi connectivity index (χ0v) is 22.0. The van der Waals surface area contributed by atoms with Crippen molar-refractivity contribution in [2.75, 3.05) is 6.61 Å². The Morgan fingerprint density at radius 2 is 1.89 bits per heavy atom. The van der Waals surface area contributed by atoms with Gasteiger partial charge in [-0.2, -0.15) is 0 Å². The first-order valence-electron chi connectivity index (χ1n) is 14.0. The molecule has 1 unspecified atom stereocenters. The topological polar surface area (TPSA) is 110 Å². The molecule has 4 fully saturated rings. The minimum absolute atomic E-state index is 0.0869. The van der Waals surface area contributed by atoms with Gasteiger partial charge in [-0.1, -0.05) is 20.8 Å². The molecule has 0 aromatic rings. The number of aldehydes is 1. The van der Waals surface area contributed by atoms with E-state index in [1.165, 1.54) is 0 Å². The minimum Gasteiger partial charge on any atom is -0.462 e. The van der Waals surface area contributed by atoms with Crippen molar-refractivity contribution in [1.29, 1.82) is 0 Å². The summed E-state index contributed by atoms with van der Waals surface area (Å²) in [5, 5.41) is 24.3. The molecule has 1 aliphatic heterocycles. The monoisotopic (exact) mass is 502 g/mol. The summed E-state index contributed by atoms with van der Waals surface area (Å²) in [5.74, 6) is -0.227. The van der Waals surface area contributed by atoms with Crippen LogP contribution in [0.15, 0.2) is 11.6 Å². The number of fused-ring (bicyclic) bond motifs is 5. The molecule has 0 aromatic carbocycles. The Labute approximate surface area is 214 Å². The lowest BCUT2D eigenvalue weighted by atomic mass is 9.41. The molecule has 0 saturated heterocycles. The molecule has 4 saturated carbocycles. The Hall–Kier alpha value is -1.73. The third-order valence-electron chi connectivity index (χ3n) is 11.1. The molecule has 2 N–H and O–H groups in total. The average Bonchev–Trinajstić information content (AvgIpc) is 3.37. The van der Waals surface area contributed by atoms with Crippen molar-refractivity contribution >= 4 is 18.2 Å². The van der Waals surface area contributed by atoms with Crippen LogP contribution in [0.5, 0.6) is 0 Å². The third kappa shape index (κ3) is 3.71. The maximum absolute atomic E-state index is 12.9. The Morgan fingerprint density at radius 3 is 2.56 bits per heavy atom. The lowest BCUT2D eigenvalue weighted by molar-refractivity contribution is -0.249. The highest BCUT2D eigenvalue weighted by Crippen LogP contribution is 2.70. The first-order valence-corrected chi connectivity index (χ1v) is 14.0. The van der Waals surface area contributed by atoms with E-state index in [4.69, 9.17) is 9.47 Å². The van der Waals surface area contributed by atoms with Crippen molar-refractivity contribution in [2.24, 2.45) is 34.5 Å². The molecule has 0 bridgehead atoms. The summed E-state index contributed by atoms with van der Waals surface area (Å²) in [4.78, 5) is 37.0. The molecule has 0 spiro atoms. The highest BCUT2D eigenvalue weighted by molar-refractivity contribution is 5.85. The number of rotatable bonds is 6. The van der Waals surface area contributed by atoms with Gasteiger partial charge in [-0.05, 0) is 87.0 Å². The summed E-state index contributed by atoms with van der Waals surface area (Å²) in [6.45, 7) is 6.59. The fraction of sp³-hybridized carbons (Fsp3) is 0.828. The van der Waals surface area contributed by atoms with E-state index in [1.54, 1.807) is 6.08 Å². The number of esters is 2. The van der Waals surface area contributed by atoms with Crippen LogP contribution in [-0.4, -0.2) is 52.4 Å². The molecule has 8 atom stereocenters. The van der Waals surface area contributed by atoms with E-state index in [1.807, 2.05) is 0 Å². The van der Waals surface area contributed by atoms with Crippen LogP contribution in [0.2, 0.25) is 0 Å². The van der Waals surface area contributed by atoms with E-state index >= 15 is 0 Å². The molecule has 1 heterocycles. The molecule has 4 aliphatic carbocycles. The van der Waals surface area contributed by atoms with E-state index in [0.717, 1.165) is 37.5 Å². The molecule has 5 rings (SSSR count). The van der Waals surface area contributed by atoms with Gasteiger partial charge >= 0.3 is 11.9 Å². The first kappa shape index (κ1) is 25.9. The zero-order valence-electron chi connectivity index (χ0n) is 22.0. The lowest BCUT2D eigenvalue weighted by Gasteiger charge is -2.65. The highest BCUT2D eigenvalue weighted by Gasteiger charge is 2.71.